The summed E-state index contributed by atoms with van der Waals surface area (Å²) in [4.78, 5) is 18.5. The largest absolute Gasteiger partial charge is 0.397 e. The summed E-state index contributed by atoms with van der Waals surface area (Å²) in [5.41, 5.74) is 9.04. The molecule has 0 radical (unpaired) electrons. The maximum Gasteiger partial charge on any atom is 0.268 e. The summed E-state index contributed by atoms with van der Waals surface area (Å²) in [5.74, 6) is -0.358. The van der Waals surface area contributed by atoms with Gasteiger partial charge in [0.25, 0.3) is 5.91 Å². The first-order valence-corrected chi connectivity index (χ1v) is 10.1. The van der Waals surface area contributed by atoms with Crippen LogP contribution in [-0.4, -0.2) is 10.9 Å². The Bertz CT molecular complexity index is 1050. The van der Waals surface area contributed by atoms with E-state index in [1.807, 2.05) is 0 Å². The van der Waals surface area contributed by atoms with Crippen LogP contribution >= 0.6 is 22.9 Å². The fourth-order valence-corrected chi connectivity index (χ4v) is 4.70. The van der Waals surface area contributed by atoms with Gasteiger partial charge in [0.1, 0.15) is 15.5 Å². The van der Waals surface area contributed by atoms with Crippen molar-refractivity contribution >= 4 is 50.4 Å². The quantitative estimate of drug-likeness (QED) is 0.612. The van der Waals surface area contributed by atoms with Crippen LogP contribution in [0.2, 0.25) is 5.02 Å². The van der Waals surface area contributed by atoms with E-state index in [0.717, 1.165) is 47.7 Å². The number of hydrogen-bond donors (Lipinski definition) is 2. The van der Waals surface area contributed by atoms with Crippen molar-refractivity contribution in [2.75, 3.05) is 11.1 Å². The number of nitrogen functional groups attached to an aromatic ring is 1. The number of thiophene rings is 1. The third kappa shape index (κ3) is 3.39. The number of aryl methyl sites for hydroxylation is 1. The fraction of sp³-hybridized carbons (Fsp3) is 0.300. The first-order chi connectivity index (χ1) is 13.0. The summed E-state index contributed by atoms with van der Waals surface area (Å²) < 4.78 is 14.0. The number of aromatic nitrogens is 1. The van der Waals surface area contributed by atoms with Gasteiger partial charge in [0.05, 0.1) is 11.4 Å². The number of hydrogen-bond acceptors (Lipinski definition) is 4. The molecule has 2 aromatic heterocycles. The number of amides is 1. The Morgan fingerprint density at radius 3 is 3.00 bits per heavy atom. The Balaban J connectivity index is 1.68. The molecule has 27 heavy (non-hydrogen) atoms. The highest BCUT2D eigenvalue weighted by molar-refractivity contribution is 7.21. The smallest absolute Gasteiger partial charge is 0.268 e. The lowest BCUT2D eigenvalue weighted by Gasteiger charge is -2.22. The number of halogens is 2. The molecule has 1 aliphatic rings. The van der Waals surface area contributed by atoms with Crippen molar-refractivity contribution in [1.82, 2.24) is 4.98 Å². The van der Waals surface area contributed by atoms with Crippen molar-refractivity contribution in [1.29, 1.82) is 0 Å². The van der Waals surface area contributed by atoms with Gasteiger partial charge in [-0.15, -0.1) is 11.3 Å². The molecule has 1 atom stereocenters. The second-order valence-electron chi connectivity index (χ2n) is 6.89. The zero-order chi connectivity index (χ0) is 19.1. The molecule has 0 spiro atoms. The van der Waals surface area contributed by atoms with Crippen molar-refractivity contribution in [2.45, 2.75) is 32.6 Å². The van der Waals surface area contributed by atoms with Gasteiger partial charge < -0.3 is 11.1 Å². The van der Waals surface area contributed by atoms with Crippen LogP contribution < -0.4 is 11.1 Å². The van der Waals surface area contributed by atoms with Gasteiger partial charge >= 0.3 is 0 Å². The summed E-state index contributed by atoms with van der Waals surface area (Å²) in [5, 5.41) is 3.64. The van der Waals surface area contributed by atoms with Gasteiger partial charge in [-0.3, -0.25) is 4.79 Å². The standard InChI is InChI=1S/C20H19ClFN3OS/c1-2-10-3-5-15-11(7-10)8-13-17(23)18(27-20(13)25-15)19(26)24-16-6-4-12(21)9-14(16)22/h4,6,8-10H,2-3,5,7,23H2,1H3,(H,24,26). The van der Waals surface area contributed by atoms with Crippen LogP contribution in [0.25, 0.3) is 10.2 Å². The van der Waals surface area contributed by atoms with Gasteiger partial charge in [-0.2, -0.15) is 0 Å². The minimum absolute atomic E-state index is 0.0688. The lowest BCUT2D eigenvalue weighted by Crippen LogP contribution is -2.14. The third-order valence-corrected chi connectivity index (χ3v) is 6.50. The molecule has 7 heteroatoms. The number of nitrogens with zero attached hydrogens (tertiary/aromatic N) is 1. The van der Waals surface area contributed by atoms with E-state index in [4.69, 9.17) is 22.3 Å². The highest BCUT2D eigenvalue weighted by Crippen LogP contribution is 2.37. The van der Waals surface area contributed by atoms with Gasteiger partial charge in [-0.05, 0) is 55.0 Å². The van der Waals surface area contributed by atoms with Crippen LogP contribution in [-0.2, 0) is 12.8 Å². The molecule has 0 saturated carbocycles. The molecule has 0 aliphatic heterocycles. The van der Waals surface area contributed by atoms with Crippen molar-refractivity contribution in [2.24, 2.45) is 5.92 Å². The van der Waals surface area contributed by atoms with E-state index >= 15 is 0 Å². The zero-order valence-corrected chi connectivity index (χ0v) is 16.4. The average molecular weight is 404 g/mol. The van der Waals surface area contributed by atoms with E-state index in [2.05, 4.69) is 18.3 Å². The second kappa shape index (κ2) is 7.09. The van der Waals surface area contributed by atoms with Gasteiger partial charge in [0.2, 0.25) is 0 Å². The van der Waals surface area contributed by atoms with E-state index in [0.29, 0.717) is 16.5 Å². The molecule has 1 unspecified atom stereocenters. The summed E-state index contributed by atoms with van der Waals surface area (Å²) in [6, 6.07) is 6.19. The van der Waals surface area contributed by atoms with E-state index in [1.54, 1.807) is 0 Å². The molecule has 3 aromatic rings. The second-order valence-corrected chi connectivity index (χ2v) is 8.32. The van der Waals surface area contributed by atoms with E-state index in [9.17, 15) is 9.18 Å². The highest BCUT2D eigenvalue weighted by atomic mass is 35.5. The van der Waals surface area contributed by atoms with Crippen molar-refractivity contribution in [3.63, 3.8) is 0 Å². The molecule has 0 bridgehead atoms. The molecule has 1 aromatic carbocycles. The van der Waals surface area contributed by atoms with Gasteiger partial charge in [-0.25, -0.2) is 9.37 Å². The summed E-state index contributed by atoms with van der Waals surface area (Å²) >= 11 is 7.00. The maximum absolute atomic E-state index is 14.0. The van der Waals surface area contributed by atoms with Crippen LogP contribution in [0, 0.1) is 11.7 Å². The molecular formula is C20H19ClFN3OS. The Morgan fingerprint density at radius 1 is 1.44 bits per heavy atom. The van der Waals surface area contributed by atoms with E-state index in [1.165, 1.54) is 29.0 Å². The first kappa shape index (κ1) is 18.2. The zero-order valence-electron chi connectivity index (χ0n) is 14.8. The Kier molecular flexibility index (Phi) is 4.78. The molecule has 4 nitrogen and oxygen atoms in total. The number of nitrogens with one attached hydrogen (secondary N) is 1. The number of rotatable bonds is 3. The molecule has 1 aliphatic carbocycles. The molecular weight excluding hydrogens is 385 g/mol. The monoisotopic (exact) mass is 403 g/mol. The predicted octanol–water partition coefficient (Wildman–Crippen LogP) is 5.44. The molecule has 0 saturated heterocycles. The highest BCUT2D eigenvalue weighted by Gasteiger charge is 2.23. The fourth-order valence-electron chi connectivity index (χ4n) is 3.55. The molecule has 0 fully saturated rings. The van der Waals surface area contributed by atoms with Crippen LogP contribution in [0.15, 0.2) is 24.3 Å². The predicted molar refractivity (Wildman–Crippen MR) is 109 cm³/mol. The molecule has 4 rings (SSSR count). The van der Waals surface area contributed by atoms with Crippen LogP contribution in [0.1, 0.15) is 40.7 Å². The minimum Gasteiger partial charge on any atom is -0.397 e. The molecule has 140 valence electrons. The van der Waals surface area contributed by atoms with Crippen LogP contribution in [0.5, 0.6) is 0 Å². The van der Waals surface area contributed by atoms with Crippen LogP contribution in [0.3, 0.4) is 0 Å². The number of benzene rings is 1. The lowest BCUT2D eigenvalue weighted by atomic mass is 9.85. The van der Waals surface area contributed by atoms with Crippen molar-refractivity contribution in [3.05, 3.63) is 51.2 Å². The van der Waals surface area contributed by atoms with Crippen molar-refractivity contribution < 1.29 is 9.18 Å². The number of pyridine rings is 1. The van der Waals surface area contributed by atoms with Gasteiger partial charge in [0.15, 0.2) is 0 Å². The number of anilines is 2. The Morgan fingerprint density at radius 2 is 2.26 bits per heavy atom. The normalized spacial score (nSPS) is 16.3. The molecule has 3 N–H and O–H groups in total. The average Bonchev–Trinajstić information content (AvgIpc) is 2.97. The summed E-state index contributed by atoms with van der Waals surface area (Å²) in [7, 11) is 0. The van der Waals surface area contributed by atoms with Gasteiger partial charge in [-0.1, -0.05) is 24.9 Å². The Labute approximate surface area is 165 Å². The topological polar surface area (TPSA) is 68.0 Å². The number of nitrogens with two attached hydrogens (primary N) is 1. The summed E-state index contributed by atoms with van der Waals surface area (Å²) in [6.45, 7) is 2.21. The lowest BCUT2D eigenvalue weighted by molar-refractivity contribution is 0.103. The Hall–Kier alpha value is -2.18. The summed E-state index contributed by atoms with van der Waals surface area (Å²) in [6.07, 6.45) is 4.25. The third-order valence-electron chi connectivity index (χ3n) is 5.15. The first-order valence-electron chi connectivity index (χ1n) is 8.93. The molecule has 2 heterocycles. The van der Waals surface area contributed by atoms with Crippen molar-refractivity contribution in [3.8, 4) is 0 Å². The van der Waals surface area contributed by atoms with E-state index < -0.39 is 11.7 Å². The number of fused-ring (bicyclic) bond motifs is 2. The number of carbonyl (C=O) groups excluding carboxylic acids is 1. The van der Waals surface area contributed by atoms with Crippen LogP contribution in [0.4, 0.5) is 15.8 Å². The minimum atomic E-state index is -0.588. The van der Waals surface area contributed by atoms with E-state index in [-0.39, 0.29) is 10.7 Å². The molecule has 1 amide bonds. The number of carbonyl (C=O) groups is 1. The maximum atomic E-state index is 14.0. The SMILES string of the molecule is CCC1CCc2nc3sc(C(=O)Nc4ccc(Cl)cc4F)c(N)c3cc2C1. The van der Waals surface area contributed by atoms with Gasteiger partial charge in [0, 0.05) is 16.1 Å².